The SMILES string of the molecule is COC(=O)C1=C(C)c2[nH]c3ccccc3c2C(c2ccc(Br)cc2)C1. The third-order valence-electron chi connectivity index (χ3n) is 5.03. The molecule has 1 heterocycles. The Balaban J connectivity index is 1.98. The molecule has 0 fully saturated rings. The van der Waals surface area contributed by atoms with Crippen molar-refractivity contribution in [2.75, 3.05) is 7.11 Å². The highest BCUT2D eigenvalue weighted by molar-refractivity contribution is 9.10. The predicted molar refractivity (Wildman–Crippen MR) is 104 cm³/mol. The molecule has 0 saturated heterocycles. The van der Waals surface area contributed by atoms with E-state index in [1.54, 1.807) is 0 Å². The van der Waals surface area contributed by atoms with Crippen molar-refractivity contribution in [3.05, 3.63) is 75.4 Å². The fourth-order valence-electron chi connectivity index (χ4n) is 3.77. The van der Waals surface area contributed by atoms with Crippen LogP contribution in [0.5, 0.6) is 0 Å². The number of rotatable bonds is 2. The Morgan fingerprint density at radius 3 is 2.60 bits per heavy atom. The van der Waals surface area contributed by atoms with Crippen LogP contribution in [0.25, 0.3) is 16.5 Å². The molecule has 126 valence electrons. The fourth-order valence-corrected chi connectivity index (χ4v) is 4.04. The summed E-state index contributed by atoms with van der Waals surface area (Å²) in [5, 5.41) is 1.22. The molecule has 3 nitrogen and oxygen atoms in total. The zero-order valence-electron chi connectivity index (χ0n) is 14.1. The molecule has 1 aliphatic rings. The number of carbonyl (C=O) groups excluding carboxylic acids is 1. The number of methoxy groups -OCH3 is 1. The summed E-state index contributed by atoms with van der Waals surface area (Å²) in [6, 6.07) is 16.7. The van der Waals surface area contributed by atoms with Crippen molar-refractivity contribution < 1.29 is 9.53 Å². The largest absolute Gasteiger partial charge is 0.466 e. The number of para-hydroxylation sites is 1. The van der Waals surface area contributed by atoms with Gasteiger partial charge in [-0.05, 0) is 48.2 Å². The average Bonchev–Trinajstić information content (AvgIpc) is 3.03. The molecule has 0 radical (unpaired) electrons. The zero-order chi connectivity index (χ0) is 17.6. The number of benzene rings is 2. The number of aromatic nitrogens is 1. The molecule has 25 heavy (non-hydrogen) atoms. The minimum Gasteiger partial charge on any atom is -0.466 e. The Hall–Kier alpha value is -2.33. The van der Waals surface area contributed by atoms with Crippen LogP contribution in [0.1, 0.15) is 36.1 Å². The van der Waals surface area contributed by atoms with E-state index in [0.717, 1.165) is 26.8 Å². The third kappa shape index (κ3) is 2.61. The van der Waals surface area contributed by atoms with Gasteiger partial charge in [-0.2, -0.15) is 0 Å². The van der Waals surface area contributed by atoms with Crippen molar-refractivity contribution in [2.24, 2.45) is 0 Å². The average molecular weight is 396 g/mol. The lowest BCUT2D eigenvalue weighted by Crippen LogP contribution is -2.17. The molecular formula is C21H18BrNO2. The highest BCUT2D eigenvalue weighted by Crippen LogP contribution is 2.45. The van der Waals surface area contributed by atoms with Crippen LogP contribution in [0.4, 0.5) is 0 Å². The maximum Gasteiger partial charge on any atom is 0.334 e. The molecule has 0 amide bonds. The fraction of sp³-hybridized carbons (Fsp3) is 0.190. The van der Waals surface area contributed by atoms with Gasteiger partial charge >= 0.3 is 5.97 Å². The number of ether oxygens (including phenoxy) is 1. The number of allylic oxidation sites excluding steroid dienone is 1. The van der Waals surface area contributed by atoms with E-state index in [1.807, 2.05) is 25.1 Å². The number of carbonyl (C=O) groups is 1. The molecular weight excluding hydrogens is 378 g/mol. The summed E-state index contributed by atoms with van der Waals surface area (Å²) in [7, 11) is 1.44. The molecule has 1 N–H and O–H groups in total. The van der Waals surface area contributed by atoms with Crippen LogP contribution >= 0.6 is 15.9 Å². The lowest BCUT2D eigenvalue weighted by molar-refractivity contribution is -0.136. The van der Waals surface area contributed by atoms with Gasteiger partial charge < -0.3 is 9.72 Å². The molecule has 1 aromatic heterocycles. The molecule has 3 aromatic rings. The van der Waals surface area contributed by atoms with E-state index < -0.39 is 0 Å². The van der Waals surface area contributed by atoms with E-state index in [4.69, 9.17) is 4.74 Å². The van der Waals surface area contributed by atoms with Gasteiger partial charge in [0.05, 0.1) is 7.11 Å². The maximum absolute atomic E-state index is 12.3. The van der Waals surface area contributed by atoms with Crippen LogP contribution < -0.4 is 0 Å². The van der Waals surface area contributed by atoms with Gasteiger partial charge in [0, 0.05) is 32.6 Å². The van der Waals surface area contributed by atoms with Gasteiger partial charge in [-0.3, -0.25) is 0 Å². The smallest absolute Gasteiger partial charge is 0.334 e. The number of hydrogen-bond donors (Lipinski definition) is 1. The highest BCUT2D eigenvalue weighted by atomic mass is 79.9. The number of esters is 1. The van der Waals surface area contributed by atoms with Gasteiger partial charge in [0.15, 0.2) is 0 Å². The third-order valence-corrected chi connectivity index (χ3v) is 5.56. The van der Waals surface area contributed by atoms with Gasteiger partial charge in [0.2, 0.25) is 0 Å². The number of fused-ring (bicyclic) bond motifs is 3. The summed E-state index contributed by atoms with van der Waals surface area (Å²) in [5.74, 6) is -0.124. The van der Waals surface area contributed by atoms with Crippen LogP contribution in [0.15, 0.2) is 58.6 Å². The van der Waals surface area contributed by atoms with Crippen LogP contribution in [-0.4, -0.2) is 18.1 Å². The van der Waals surface area contributed by atoms with Crippen molar-refractivity contribution in [3.8, 4) is 0 Å². The number of nitrogens with one attached hydrogen (secondary N) is 1. The normalized spacial score (nSPS) is 16.8. The van der Waals surface area contributed by atoms with Gasteiger partial charge in [-0.15, -0.1) is 0 Å². The second kappa shape index (κ2) is 6.19. The number of hydrogen-bond acceptors (Lipinski definition) is 2. The molecule has 4 rings (SSSR count). The first-order chi connectivity index (χ1) is 12.1. The Kier molecular flexibility index (Phi) is 4.00. The Morgan fingerprint density at radius 1 is 1.16 bits per heavy atom. The number of aromatic amines is 1. The Morgan fingerprint density at radius 2 is 1.88 bits per heavy atom. The molecule has 1 atom stereocenters. The summed E-state index contributed by atoms with van der Waals surface area (Å²) in [6.45, 7) is 2.00. The van der Waals surface area contributed by atoms with Crippen molar-refractivity contribution >= 4 is 38.4 Å². The van der Waals surface area contributed by atoms with Gasteiger partial charge in [0.25, 0.3) is 0 Å². The molecule has 1 aliphatic carbocycles. The van der Waals surface area contributed by atoms with Crippen LogP contribution in [0.2, 0.25) is 0 Å². The van der Waals surface area contributed by atoms with Gasteiger partial charge in [-0.25, -0.2) is 4.79 Å². The zero-order valence-corrected chi connectivity index (χ0v) is 15.7. The lowest BCUT2D eigenvalue weighted by atomic mass is 9.78. The van der Waals surface area contributed by atoms with E-state index in [0.29, 0.717) is 6.42 Å². The highest BCUT2D eigenvalue weighted by Gasteiger charge is 2.32. The second-order valence-electron chi connectivity index (χ2n) is 6.36. The van der Waals surface area contributed by atoms with E-state index in [9.17, 15) is 4.79 Å². The number of halogens is 1. The topological polar surface area (TPSA) is 42.1 Å². The first-order valence-corrected chi connectivity index (χ1v) is 9.04. The lowest BCUT2D eigenvalue weighted by Gasteiger charge is -2.26. The summed E-state index contributed by atoms with van der Waals surface area (Å²) in [5.41, 5.74) is 6.33. The predicted octanol–water partition coefficient (Wildman–Crippen LogP) is 5.41. The molecule has 0 spiro atoms. The minimum atomic E-state index is -0.246. The van der Waals surface area contributed by atoms with Crippen LogP contribution in [0, 0.1) is 0 Å². The summed E-state index contributed by atoms with van der Waals surface area (Å²) >= 11 is 3.50. The Bertz CT molecular complexity index is 998. The Labute approximate surface area is 154 Å². The van der Waals surface area contributed by atoms with E-state index >= 15 is 0 Å². The summed E-state index contributed by atoms with van der Waals surface area (Å²) in [6.07, 6.45) is 0.648. The van der Waals surface area contributed by atoms with E-state index in [2.05, 4.69) is 51.2 Å². The molecule has 4 heteroatoms. The quantitative estimate of drug-likeness (QED) is 0.589. The second-order valence-corrected chi connectivity index (χ2v) is 7.28. The first-order valence-electron chi connectivity index (χ1n) is 8.24. The van der Waals surface area contributed by atoms with Crippen LogP contribution in [-0.2, 0) is 9.53 Å². The van der Waals surface area contributed by atoms with E-state index in [-0.39, 0.29) is 11.9 Å². The standard InChI is InChI=1S/C21H18BrNO2/c1-12-16(21(24)25-2)11-17(13-7-9-14(22)10-8-13)19-15-5-3-4-6-18(15)23-20(12)19/h3-10,17,23H,11H2,1-2H3. The number of H-pyrrole nitrogens is 1. The summed E-state index contributed by atoms with van der Waals surface area (Å²) < 4.78 is 6.08. The molecule has 2 aromatic carbocycles. The van der Waals surface area contributed by atoms with Gasteiger partial charge in [-0.1, -0.05) is 46.3 Å². The molecule has 0 bridgehead atoms. The van der Waals surface area contributed by atoms with Gasteiger partial charge in [0.1, 0.15) is 0 Å². The molecule has 0 saturated carbocycles. The molecule has 0 aliphatic heterocycles. The minimum absolute atomic E-state index is 0.122. The van der Waals surface area contributed by atoms with Crippen molar-refractivity contribution in [3.63, 3.8) is 0 Å². The summed E-state index contributed by atoms with van der Waals surface area (Å²) in [4.78, 5) is 15.8. The van der Waals surface area contributed by atoms with Crippen LogP contribution in [0.3, 0.4) is 0 Å². The van der Waals surface area contributed by atoms with Crippen molar-refractivity contribution in [1.29, 1.82) is 0 Å². The van der Waals surface area contributed by atoms with E-state index in [1.165, 1.54) is 23.6 Å². The van der Waals surface area contributed by atoms with Crippen molar-refractivity contribution in [2.45, 2.75) is 19.3 Å². The maximum atomic E-state index is 12.3. The van der Waals surface area contributed by atoms with Crippen molar-refractivity contribution in [1.82, 2.24) is 4.98 Å². The monoisotopic (exact) mass is 395 g/mol. The molecule has 1 unspecified atom stereocenters. The first kappa shape index (κ1) is 16.2.